The minimum absolute atomic E-state index is 0.0293. The van der Waals surface area contributed by atoms with Gasteiger partial charge in [0, 0.05) is 71.4 Å². The number of amides is 2. The molecule has 0 atom stereocenters. The minimum atomic E-state index is -0.866. The molecule has 3 aliphatic carbocycles. The number of hydrogen-bond donors (Lipinski definition) is 0. The van der Waals surface area contributed by atoms with Crippen LogP contribution in [0.1, 0.15) is 56.1 Å². The van der Waals surface area contributed by atoms with Crippen LogP contribution in [0.4, 0.5) is 22.7 Å². The Hall–Kier alpha value is -3.54. The van der Waals surface area contributed by atoms with Gasteiger partial charge in [-0.3, -0.25) is 14.5 Å². The Kier molecular flexibility index (Phi) is 11.6. The number of carbonyl (C=O) groups is 2. The Balaban J connectivity index is 0.000000152. The molecule has 10 rings (SSSR count). The first-order chi connectivity index (χ1) is 28.5. The molecule has 0 bridgehead atoms. The fourth-order valence-corrected chi connectivity index (χ4v) is 9.72. The maximum absolute atomic E-state index is 13.8. The average molecular weight is 878 g/mol. The van der Waals surface area contributed by atoms with Crippen molar-refractivity contribution in [1.82, 2.24) is 4.90 Å². The highest BCUT2D eigenvalue weighted by Crippen LogP contribution is 2.45. The van der Waals surface area contributed by atoms with Gasteiger partial charge < -0.3 is 29.1 Å². The molecule has 0 N–H and O–H groups in total. The molecule has 2 amide bonds. The Morgan fingerprint density at radius 1 is 0.593 bits per heavy atom. The maximum Gasteiger partial charge on any atom is 0.262 e. The lowest BCUT2D eigenvalue weighted by Gasteiger charge is -2.50. The lowest BCUT2D eigenvalue weighted by atomic mass is 9.78. The number of hydrogen-bond acceptors (Lipinski definition) is 7. The van der Waals surface area contributed by atoms with E-state index in [1.807, 2.05) is 47.2 Å². The molecular formula is C46H49Cl4N5O4. The summed E-state index contributed by atoms with van der Waals surface area (Å²) < 4.78 is 12.5. The van der Waals surface area contributed by atoms with Gasteiger partial charge in [-0.2, -0.15) is 0 Å². The highest BCUT2D eigenvalue weighted by Gasteiger charge is 2.53. The standard InChI is InChI=1S/C23H25Cl2N3O2.C23H24Cl2N2O2/c1-26-14-23(15-26,30-13-16-12-17(24)6-9-19(16)25)22(29)28-11-10-27(18-7-8-18)20-4-2-3-5-21(20)28;24-17-6-9-19(25)16(14-17)15-29-23(10-3-11-23)22(28)27-13-12-26(18-7-8-18)20-4-1-2-5-21(20)27/h2-6,9,12,18H,7-8,10-11,13-15H2,1H3;1-2,4-6,9,14,18H,3,7-8,10-13,15H2. The zero-order chi connectivity index (χ0) is 40.9. The van der Waals surface area contributed by atoms with Gasteiger partial charge in [-0.25, -0.2) is 0 Å². The van der Waals surface area contributed by atoms with E-state index in [2.05, 4.69) is 39.0 Å². The van der Waals surface area contributed by atoms with Gasteiger partial charge in [0.1, 0.15) is 5.60 Å². The molecule has 1 saturated heterocycles. The number of likely N-dealkylation sites (tertiary alicyclic amines) is 1. The molecule has 3 heterocycles. The third-order valence-electron chi connectivity index (χ3n) is 12.6. The molecule has 13 heteroatoms. The first-order valence-corrected chi connectivity index (χ1v) is 22.2. The maximum atomic E-state index is 13.8. The Morgan fingerprint density at radius 2 is 1.02 bits per heavy atom. The predicted octanol–water partition coefficient (Wildman–Crippen LogP) is 9.66. The van der Waals surface area contributed by atoms with Crippen LogP contribution in [0.5, 0.6) is 0 Å². The Labute approximate surface area is 366 Å². The number of rotatable bonds is 10. The second-order valence-electron chi connectivity index (χ2n) is 16.8. The molecule has 4 fully saturated rings. The molecule has 0 unspecified atom stereocenters. The smallest absolute Gasteiger partial charge is 0.262 e. The molecule has 0 spiro atoms. The minimum Gasteiger partial charge on any atom is -0.365 e. The van der Waals surface area contributed by atoms with Gasteiger partial charge in [0.15, 0.2) is 5.60 Å². The molecule has 6 aliphatic rings. The molecule has 310 valence electrons. The van der Waals surface area contributed by atoms with Crippen molar-refractivity contribution in [2.24, 2.45) is 0 Å². The summed E-state index contributed by atoms with van der Waals surface area (Å²) in [7, 11) is 2.00. The lowest BCUT2D eigenvalue weighted by Crippen LogP contribution is -2.70. The van der Waals surface area contributed by atoms with Crippen LogP contribution in [-0.2, 0) is 32.3 Å². The van der Waals surface area contributed by atoms with Gasteiger partial charge in [-0.05, 0) is 124 Å². The predicted molar refractivity (Wildman–Crippen MR) is 238 cm³/mol. The van der Waals surface area contributed by atoms with Crippen molar-refractivity contribution in [3.8, 4) is 0 Å². The van der Waals surface area contributed by atoms with Gasteiger partial charge in [-0.15, -0.1) is 0 Å². The van der Waals surface area contributed by atoms with Gasteiger partial charge in [0.05, 0.1) is 36.0 Å². The number of halogens is 4. The van der Waals surface area contributed by atoms with Crippen LogP contribution in [-0.4, -0.2) is 86.3 Å². The van der Waals surface area contributed by atoms with Crippen LogP contribution in [0.15, 0.2) is 84.9 Å². The quantitative estimate of drug-likeness (QED) is 0.157. The molecule has 4 aromatic carbocycles. The number of nitrogens with zero attached hydrogens (tertiary/aromatic N) is 5. The summed E-state index contributed by atoms with van der Waals surface area (Å²) in [6.07, 6.45) is 7.45. The average Bonchev–Trinajstić information content (AvgIpc) is 4.16. The zero-order valence-electron chi connectivity index (χ0n) is 33.2. The van der Waals surface area contributed by atoms with Crippen LogP contribution < -0.4 is 19.6 Å². The second kappa shape index (κ2) is 16.7. The van der Waals surface area contributed by atoms with Crippen molar-refractivity contribution in [2.75, 3.05) is 65.9 Å². The number of likely N-dealkylation sites (N-methyl/N-ethyl adjacent to an activating group) is 1. The van der Waals surface area contributed by atoms with Crippen molar-refractivity contribution in [3.63, 3.8) is 0 Å². The van der Waals surface area contributed by atoms with E-state index >= 15 is 0 Å². The second-order valence-corrected chi connectivity index (χ2v) is 18.5. The van der Waals surface area contributed by atoms with Crippen molar-refractivity contribution >= 4 is 81.0 Å². The number of carbonyl (C=O) groups excluding carboxylic acids is 2. The Morgan fingerprint density at radius 3 is 1.42 bits per heavy atom. The van der Waals surface area contributed by atoms with Crippen LogP contribution in [0.2, 0.25) is 20.1 Å². The van der Waals surface area contributed by atoms with Crippen LogP contribution in [0.3, 0.4) is 0 Å². The molecule has 4 aromatic rings. The summed E-state index contributed by atoms with van der Waals surface area (Å²) in [6.45, 7) is 4.79. The fraction of sp³-hybridized carbons (Fsp3) is 0.435. The van der Waals surface area contributed by atoms with Gasteiger partial charge >= 0.3 is 0 Å². The highest BCUT2D eigenvalue weighted by molar-refractivity contribution is 6.34. The summed E-state index contributed by atoms with van der Waals surface area (Å²) >= 11 is 24.8. The third-order valence-corrected chi connectivity index (χ3v) is 13.8. The zero-order valence-corrected chi connectivity index (χ0v) is 36.2. The molecule has 0 radical (unpaired) electrons. The molecule has 3 saturated carbocycles. The van der Waals surface area contributed by atoms with Crippen molar-refractivity contribution in [3.05, 3.63) is 116 Å². The summed E-state index contributed by atoms with van der Waals surface area (Å²) in [5, 5.41) is 2.43. The van der Waals surface area contributed by atoms with Crippen LogP contribution >= 0.6 is 46.4 Å². The summed E-state index contributed by atoms with van der Waals surface area (Å²) in [5.74, 6) is 0.103. The molecular weight excluding hydrogens is 828 g/mol. The molecule has 0 aromatic heterocycles. The highest BCUT2D eigenvalue weighted by atomic mass is 35.5. The number of anilines is 4. The van der Waals surface area contributed by atoms with E-state index in [4.69, 9.17) is 55.9 Å². The number of fused-ring (bicyclic) bond motifs is 2. The van der Waals surface area contributed by atoms with Gasteiger partial charge in [-0.1, -0.05) is 70.7 Å². The normalized spacial score (nSPS) is 20.4. The number of ether oxygens (including phenoxy) is 2. The number of benzene rings is 4. The van der Waals surface area contributed by atoms with E-state index in [1.54, 1.807) is 30.3 Å². The van der Waals surface area contributed by atoms with Crippen LogP contribution in [0, 0.1) is 0 Å². The van der Waals surface area contributed by atoms with Gasteiger partial charge in [0.2, 0.25) is 0 Å². The van der Waals surface area contributed by atoms with Crippen molar-refractivity contribution < 1.29 is 19.1 Å². The monoisotopic (exact) mass is 875 g/mol. The summed E-state index contributed by atoms with van der Waals surface area (Å²) in [5.41, 5.74) is 4.30. The first kappa shape index (κ1) is 40.8. The largest absolute Gasteiger partial charge is 0.365 e. The molecule has 9 nitrogen and oxygen atoms in total. The fourth-order valence-electron chi connectivity index (χ4n) is 8.98. The van der Waals surface area contributed by atoms with Crippen molar-refractivity contribution in [1.29, 1.82) is 0 Å². The summed E-state index contributed by atoms with van der Waals surface area (Å²) in [6, 6.07) is 28.4. The van der Waals surface area contributed by atoms with Crippen molar-refractivity contribution in [2.45, 2.75) is 81.4 Å². The summed E-state index contributed by atoms with van der Waals surface area (Å²) in [4.78, 5) is 38.3. The SMILES string of the molecule is CN1CC(OCc2cc(Cl)ccc2Cl)(C(=O)N2CCN(C3CC3)c3ccccc32)C1.O=C(N1CCN(C2CC2)c2ccccc21)C1(OCc2cc(Cl)ccc2Cl)CCC1. The van der Waals surface area contributed by atoms with E-state index in [0.29, 0.717) is 58.4 Å². The van der Waals surface area contributed by atoms with E-state index in [9.17, 15) is 9.59 Å². The topological polar surface area (TPSA) is 68.8 Å². The number of para-hydroxylation sites is 4. The van der Waals surface area contributed by atoms with E-state index in [-0.39, 0.29) is 25.0 Å². The van der Waals surface area contributed by atoms with E-state index < -0.39 is 11.2 Å². The third kappa shape index (κ3) is 8.29. The van der Waals surface area contributed by atoms with E-state index in [0.717, 1.165) is 60.5 Å². The molecule has 59 heavy (non-hydrogen) atoms. The van der Waals surface area contributed by atoms with Crippen LogP contribution in [0.25, 0.3) is 0 Å². The van der Waals surface area contributed by atoms with Gasteiger partial charge in [0.25, 0.3) is 11.8 Å². The molecule has 3 aliphatic heterocycles. The first-order valence-electron chi connectivity index (χ1n) is 20.7. The van der Waals surface area contributed by atoms with E-state index in [1.165, 1.54) is 31.4 Å². The lowest BCUT2D eigenvalue weighted by molar-refractivity contribution is -0.171. The Bertz CT molecular complexity index is 2220.